The Hall–Kier alpha value is -0.840. The van der Waals surface area contributed by atoms with Crippen molar-refractivity contribution in [2.75, 3.05) is 5.32 Å². The lowest BCUT2D eigenvalue weighted by Gasteiger charge is -2.13. The molecule has 1 heterocycles. The average molecular weight is 317 g/mol. The van der Waals surface area contributed by atoms with Gasteiger partial charge in [-0.3, -0.25) is 10.1 Å². The number of hydrogen-bond donors (Lipinski definition) is 1. The van der Waals surface area contributed by atoms with Crippen molar-refractivity contribution >= 4 is 27.9 Å². The first-order valence-electron chi connectivity index (χ1n) is 6.26. The van der Waals surface area contributed by atoms with Crippen molar-refractivity contribution in [2.24, 2.45) is 0 Å². The molecule has 18 heavy (non-hydrogen) atoms. The van der Waals surface area contributed by atoms with Crippen molar-refractivity contribution in [3.63, 3.8) is 0 Å². The molecule has 1 rings (SSSR count). The van der Waals surface area contributed by atoms with Crippen LogP contribution in [0.25, 0.3) is 0 Å². The zero-order valence-electron chi connectivity index (χ0n) is 11.4. The molecule has 1 aromatic heterocycles. The van der Waals surface area contributed by atoms with Crippen LogP contribution in [0.5, 0.6) is 0 Å². The average Bonchev–Trinajstić information content (AvgIpc) is 2.73. The number of halogens is 1. The van der Waals surface area contributed by atoms with Gasteiger partial charge in [0.25, 0.3) is 0 Å². The van der Waals surface area contributed by atoms with E-state index >= 15 is 0 Å². The van der Waals surface area contributed by atoms with Gasteiger partial charge in [0.1, 0.15) is 5.76 Å². The second-order valence-electron chi connectivity index (χ2n) is 5.38. The van der Waals surface area contributed by atoms with Crippen molar-refractivity contribution < 1.29 is 9.21 Å². The van der Waals surface area contributed by atoms with Crippen molar-refractivity contribution in [1.82, 2.24) is 4.98 Å². The fourth-order valence-electron chi connectivity index (χ4n) is 1.38. The molecule has 0 aliphatic heterocycles. The molecule has 0 aliphatic carbocycles. The van der Waals surface area contributed by atoms with Gasteiger partial charge < -0.3 is 4.42 Å². The lowest BCUT2D eigenvalue weighted by Crippen LogP contribution is -2.22. The standard InChI is InChI=1S/C13H21BrN2O2/c1-5-6-7-9(14)11(17)16-12-15-8-10(18-12)13(2,3)4/h8-9H,5-7H2,1-4H3,(H,15,16,17)/t9-/m1/s1. The first kappa shape index (κ1) is 15.2. The van der Waals surface area contributed by atoms with Crippen LogP contribution >= 0.6 is 15.9 Å². The Balaban J connectivity index is 2.57. The molecule has 1 atom stereocenters. The van der Waals surface area contributed by atoms with Crippen LogP contribution in [0.4, 0.5) is 6.01 Å². The van der Waals surface area contributed by atoms with E-state index < -0.39 is 0 Å². The predicted molar refractivity (Wildman–Crippen MR) is 76.1 cm³/mol. The Morgan fingerprint density at radius 1 is 1.56 bits per heavy atom. The van der Waals surface area contributed by atoms with Gasteiger partial charge in [0.05, 0.1) is 11.0 Å². The number of aromatic nitrogens is 1. The van der Waals surface area contributed by atoms with E-state index in [1.54, 1.807) is 6.20 Å². The second kappa shape index (κ2) is 6.36. The number of alkyl halides is 1. The zero-order valence-corrected chi connectivity index (χ0v) is 13.0. The lowest BCUT2D eigenvalue weighted by atomic mass is 9.94. The minimum atomic E-state index is -0.192. The van der Waals surface area contributed by atoms with Crippen LogP contribution in [0.3, 0.4) is 0 Å². The normalized spacial score (nSPS) is 13.4. The minimum Gasteiger partial charge on any atom is -0.428 e. The molecular weight excluding hydrogens is 296 g/mol. The molecule has 4 nitrogen and oxygen atoms in total. The number of carbonyl (C=O) groups excluding carboxylic acids is 1. The number of carbonyl (C=O) groups is 1. The van der Waals surface area contributed by atoms with Gasteiger partial charge in [-0.2, -0.15) is 0 Å². The molecule has 0 aliphatic rings. The molecule has 0 unspecified atom stereocenters. The van der Waals surface area contributed by atoms with Crippen LogP contribution in [0.2, 0.25) is 0 Å². The summed E-state index contributed by atoms with van der Waals surface area (Å²) in [5, 5.41) is 2.68. The fourth-order valence-corrected chi connectivity index (χ4v) is 1.81. The molecule has 0 spiro atoms. The Morgan fingerprint density at radius 3 is 2.72 bits per heavy atom. The minimum absolute atomic E-state index is 0.105. The quantitative estimate of drug-likeness (QED) is 0.839. The van der Waals surface area contributed by atoms with E-state index in [1.165, 1.54) is 0 Å². The highest BCUT2D eigenvalue weighted by molar-refractivity contribution is 9.10. The molecule has 0 bridgehead atoms. The maximum atomic E-state index is 11.8. The number of amides is 1. The maximum Gasteiger partial charge on any atom is 0.301 e. The molecule has 0 radical (unpaired) electrons. The summed E-state index contributed by atoms with van der Waals surface area (Å²) in [6.07, 6.45) is 4.56. The van der Waals surface area contributed by atoms with Gasteiger partial charge in [-0.1, -0.05) is 56.5 Å². The van der Waals surface area contributed by atoms with E-state index in [0.29, 0.717) is 0 Å². The lowest BCUT2D eigenvalue weighted by molar-refractivity contribution is -0.115. The largest absolute Gasteiger partial charge is 0.428 e. The Bertz CT molecular complexity index is 396. The maximum absolute atomic E-state index is 11.8. The molecule has 0 aromatic carbocycles. The topological polar surface area (TPSA) is 55.1 Å². The van der Waals surface area contributed by atoms with E-state index in [2.05, 4.69) is 33.2 Å². The zero-order chi connectivity index (χ0) is 13.8. The summed E-state index contributed by atoms with van der Waals surface area (Å²) < 4.78 is 5.51. The van der Waals surface area contributed by atoms with Gasteiger partial charge in [-0.05, 0) is 6.42 Å². The van der Waals surface area contributed by atoms with Gasteiger partial charge in [0.15, 0.2) is 0 Å². The summed E-state index contributed by atoms with van der Waals surface area (Å²) in [6, 6.07) is 0.269. The van der Waals surface area contributed by atoms with E-state index in [1.807, 2.05) is 20.8 Å². The number of hydrogen-bond acceptors (Lipinski definition) is 3. The Kier molecular flexibility index (Phi) is 5.38. The Morgan fingerprint density at radius 2 is 2.22 bits per heavy atom. The summed E-state index contributed by atoms with van der Waals surface area (Å²) in [5.74, 6) is 0.656. The number of nitrogens with zero attached hydrogens (tertiary/aromatic N) is 1. The smallest absolute Gasteiger partial charge is 0.301 e. The SMILES string of the molecule is CCCC[C@@H](Br)C(=O)Nc1ncc(C(C)(C)C)o1. The summed E-state index contributed by atoms with van der Waals surface area (Å²) in [7, 11) is 0. The molecule has 102 valence electrons. The molecule has 1 aromatic rings. The number of nitrogens with one attached hydrogen (secondary N) is 1. The number of oxazole rings is 1. The highest BCUT2D eigenvalue weighted by Gasteiger charge is 2.21. The van der Waals surface area contributed by atoms with Crippen LogP contribution in [0.15, 0.2) is 10.6 Å². The molecular formula is C13H21BrN2O2. The van der Waals surface area contributed by atoms with Gasteiger partial charge in [-0.25, -0.2) is 4.98 Å². The third-order valence-electron chi connectivity index (χ3n) is 2.57. The number of unbranched alkanes of at least 4 members (excludes halogenated alkanes) is 1. The Labute approximate surface area is 117 Å². The van der Waals surface area contributed by atoms with Crippen LogP contribution < -0.4 is 5.32 Å². The van der Waals surface area contributed by atoms with Crippen LogP contribution in [0.1, 0.15) is 52.7 Å². The highest BCUT2D eigenvalue weighted by Crippen LogP contribution is 2.24. The van der Waals surface area contributed by atoms with Crippen molar-refractivity contribution in [2.45, 2.75) is 57.2 Å². The van der Waals surface area contributed by atoms with Gasteiger partial charge in [0, 0.05) is 5.41 Å². The van der Waals surface area contributed by atoms with E-state index in [4.69, 9.17) is 4.42 Å². The third kappa shape index (κ3) is 4.44. The molecule has 0 saturated carbocycles. The van der Waals surface area contributed by atoms with Gasteiger partial charge in [-0.15, -0.1) is 0 Å². The summed E-state index contributed by atoms with van der Waals surface area (Å²) >= 11 is 3.37. The van der Waals surface area contributed by atoms with Crippen LogP contribution in [-0.2, 0) is 10.2 Å². The molecule has 0 saturated heterocycles. The van der Waals surface area contributed by atoms with Gasteiger partial charge >= 0.3 is 6.01 Å². The molecule has 0 fully saturated rings. The summed E-state index contributed by atoms with van der Waals surface area (Å²) in [6.45, 7) is 8.20. The summed E-state index contributed by atoms with van der Waals surface area (Å²) in [5.41, 5.74) is -0.105. The second-order valence-corrected chi connectivity index (χ2v) is 6.48. The van der Waals surface area contributed by atoms with Crippen molar-refractivity contribution in [3.05, 3.63) is 12.0 Å². The molecule has 1 amide bonds. The van der Waals surface area contributed by atoms with Gasteiger partial charge in [0.2, 0.25) is 5.91 Å². The van der Waals surface area contributed by atoms with E-state index in [0.717, 1.165) is 25.0 Å². The third-order valence-corrected chi connectivity index (χ3v) is 3.44. The molecule has 1 N–H and O–H groups in total. The van der Waals surface area contributed by atoms with Crippen molar-refractivity contribution in [3.8, 4) is 0 Å². The monoisotopic (exact) mass is 316 g/mol. The number of rotatable bonds is 5. The fraction of sp³-hybridized carbons (Fsp3) is 0.692. The van der Waals surface area contributed by atoms with Crippen molar-refractivity contribution in [1.29, 1.82) is 0 Å². The van der Waals surface area contributed by atoms with E-state index in [-0.39, 0.29) is 22.2 Å². The first-order chi connectivity index (χ1) is 8.34. The van der Waals surface area contributed by atoms with E-state index in [9.17, 15) is 4.79 Å². The first-order valence-corrected chi connectivity index (χ1v) is 7.17. The predicted octanol–water partition coefficient (Wildman–Crippen LogP) is 3.86. The van der Waals surface area contributed by atoms with Crippen LogP contribution in [0, 0.1) is 0 Å². The molecule has 5 heteroatoms. The highest BCUT2D eigenvalue weighted by atomic mass is 79.9. The summed E-state index contributed by atoms with van der Waals surface area (Å²) in [4.78, 5) is 15.7. The van der Waals surface area contributed by atoms with Crippen LogP contribution in [-0.4, -0.2) is 15.7 Å². The number of anilines is 1.